The Bertz CT molecular complexity index is 1040. The third-order valence-electron chi connectivity index (χ3n) is 4.98. The lowest BCUT2D eigenvalue weighted by molar-refractivity contribution is -0.118. The number of amidine groups is 1. The lowest BCUT2D eigenvalue weighted by atomic mass is 9.99. The molecule has 0 radical (unpaired) electrons. The fourth-order valence-electron chi connectivity index (χ4n) is 3.00. The maximum absolute atomic E-state index is 12.9. The summed E-state index contributed by atoms with van der Waals surface area (Å²) in [5.74, 6) is 0.273. The average Bonchev–Trinajstić information content (AvgIpc) is 3.37. The van der Waals surface area contributed by atoms with Gasteiger partial charge in [0.15, 0.2) is 0 Å². The number of aliphatic imine (C=N–C) groups is 1. The van der Waals surface area contributed by atoms with Crippen molar-refractivity contribution in [3.05, 3.63) is 34.8 Å². The lowest BCUT2D eigenvalue weighted by Gasteiger charge is -2.18. The maximum atomic E-state index is 12.9. The predicted octanol–water partition coefficient (Wildman–Crippen LogP) is 2.51. The van der Waals surface area contributed by atoms with Gasteiger partial charge < -0.3 is 0 Å². The van der Waals surface area contributed by atoms with Gasteiger partial charge in [0.1, 0.15) is 16.9 Å². The van der Waals surface area contributed by atoms with E-state index in [1.54, 1.807) is 18.2 Å². The summed E-state index contributed by atoms with van der Waals surface area (Å²) in [6.45, 7) is 3.88. The number of benzene rings is 1. The first-order valence-corrected chi connectivity index (χ1v) is 11.5. The van der Waals surface area contributed by atoms with Gasteiger partial charge in [0.05, 0.1) is 4.90 Å². The van der Waals surface area contributed by atoms with Gasteiger partial charge in [-0.05, 0) is 30.9 Å². The number of carbonyl (C=O) groups is 1. The van der Waals surface area contributed by atoms with Crippen molar-refractivity contribution in [2.24, 2.45) is 10.9 Å². The van der Waals surface area contributed by atoms with Crippen molar-refractivity contribution in [1.29, 1.82) is 0 Å². The summed E-state index contributed by atoms with van der Waals surface area (Å²) in [5.41, 5.74) is 0.482. The van der Waals surface area contributed by atoms with Gasteiger partial charge in [-0.1, -0.05) is 43.7 Å². The number of anilines is 1. The van der Waals surface area contributed by atoms with Gasteiger partial charge in [0, 0.05) is 11.5 Å². The van der Waals surface area contributed by atoms with Gasteiger partial charge in [-0.25, -0.2) is 8.42 Å². The fourth-order valence-corrected chi connectivity index (χ4v) is 5.15. The molecule has 4 rings (SSSR count). The SMILES string of the molecule is CC[C@@H](C)[C@H](N=C1NS(=O)(=O)c2ccccc21)C(=O)Nc1nnc(C2CC2)s1. The molecule has 1 aliphatic heterocycles. The van der Waals surface area contributed by atoms with Gasteiger partial charge in [-0.3, -0.25) is 19.8 Å². The van der Waals surface area contributed by atoms with Crippen LogP contribution < -0.4 is 10.0 Å². The lowest BCUT2D eigenvalue weighted by Crippen LogP contribution is -2.34. The Balaban J connectivity index is 1.61. The molecule has 1 saturated carbocycles. The molecule has 0 saturated heterocycles. The number of amides is 1. The molecule has 2 aromatic rings. The van der Waals surface area contributed by atoms with E-state index in [9.17, 15) is 13.2 Å². The Morgan fingerprint density at radius 2 is 2.11 bits per heavy atom. The second-order valence-electron chi connectivity index (χ2n) is 7.12. The zero-order chi connectivity index (χ0) is 19.9. The zero-order valence-electron chi connectivity index (χ0n) is 15.5. The molecule has 0 unspecified atom stereocenters. The van der Waals surface area contributed by atoms with Crippen LogP contribution in [0, 0.1) is 5.92 Å². The standard InChI is InChI=1S/C18H21N5O3S2/c1-3-10(2)14(16(24)20-18-22-21-17(27-18)11-8-9-11)19-15-12-6-4-5-7-13(12)28(25,26)23-15/h4-7,10-11,14H,3,8-9H2,1-2H3,(H,19,23)(H,20,22,24)/t10-,14+/m1/s1. The summed E-state index contributed by atoms with van der Waals surface area (Å²) < 4.78 is 27.1. The van der Waals surface area contributed by atoms with Crippen molar-refractivity contribution in [2.45, 2.75) is 50.0 Å². The average molecular weight is 420 g/mol. The maximum Gasteiger partial charge on any atom is 0.263 e. The Kier molecular flexibility index (Phi) is 4.92. The number of fused-ring (bicyclic) bond motifs is 1. The van der Waals surface area contributed by atoms with Gasteiger partial charge in [-0.15, -0.1) is 10.2 Å². The van der Waals surface area contributed by atoms with E-state index in [2.05, 4.69) is 25.2 Å². The van der Waals surface area contributed by atoms with Gasteiger partial charge in [0.2, 0.25) is 5.13 Å². The number of hydrogen-bond acceptors (Lipinski definition) is 7. The van der Waals surface area contributed by atoms with E-state index in [0.717, 1.165) is 17.8 Å². The minimum atomic E-state index is -3.65. The summed E-state index contributed by atoms with van der Waals surface area (Å²) >= 11 is 1.39. The van der Waals surface area contributed by atoms with Crippen LogP contribution in [0.1, 0.15) is 49.6 Å². The first-order chi connectivity index (χ1) is 13.4. The highest BCUT2D eigenvalue weighted by atomic mass is 32.2. The van der Waals surface area contributed by atoms with Crippen LogP contribution in [-0.4, -0.2) is 36.4 Å². The normalized spacial score (nSPS) is 21.0. The van der Waals surface area contributed by atoms with Crippen molar-refractivity contribution in [2.75, 3.05) is 5.32 Å². The largest absolute Gasteiger partial charge is 0.299 e. The molecule has 2 N–H and O–H groups in total. The Morgan fingerprint density at radius 3 is 2.82 bits per heavy atom. The van der Waals surface area contributed by atoms with Gasteiger partial charge in [0.25, 0.3) is 15.9 Å². The molecule has 1 fully saturated rings. The first-order valence-electron chi connectivity index (χ1n) is 9.23. The van der Waals surface area contributed by atoms with Gasteiger partial charge in [-0.2, -0.15) is 0 Å². The second-order valence-corrected chi connectivity index (χ2v) is 9.78. The van der Waals surface area contributed by atoms with E-state index in [4.69, 9.17) is 0 Å². The molecule has 148 valence electrons. The van der Waals surface area contributed by atoms with E-state index in [0.29, 0.717) is 23.0 Å². The third-order valence-corrected chi connectivity index (χ3v) is 7.38. The third kappa shape index (κ3) is 3.66. The Morgan fingerprint density at radius 1 is 1.36 bits per heavy atom. The van der Waals surface area contributed by atoms with Crippen LogP contribution in [0.3, 0.4) is 0 Å². The summed E-state index contributed by atoms with van der Waals surface area (Å²) in [6.07, 6.45) is 2.95. The summed E-state index contributed by atoms with van der Waals surface area (Å²) in [7, 11) is -3.65. The molecule has 0 spiro atoms. The van der Waals surface area contributed by atoms with E-state index >= 15 is 0 Å². The van der Waals surface area contributed by atoms with E-state index in [-0.39, 0.29) is 22.6 Å². The number of carbonyl (C=O) groups excluding carboxylic acids is 1. The van der Waals surface area contributed by atoms with E-state index in [1.807, 2.05) is 13.8 Å². The van der Waals surface area contributed by atoms with Crippen molar-refractivity contribution >= 4 is 38.2 Å². The molecule has 2 atom stereocenters. The molecule has 1 aliphatic carbocycles. The minimum absolute atomic E-state index is 0.0828. The molecule has 8 nitrogen and oxygen atoms in total. The number of aromatic nitrogens is 2. The zero-order valence-corrected chi connectivity index (χ0v) is 17.2. The van der Waals surface area contributed by atoms with Crippen LogP contribution in [0.25, 0.3) is 0 Å². The van der Waals surface area contributed by atoms with Crippen molar-refractivity contribution < 1.29 is 13.2 Å². The Hall–Kier alpha value is -2.33. The van der Waals surface area contributed by atoms with Crippen LogP contribution in [0.4, 0.5) is 5.13 Å². The molecule has 1 aromatic carbocycles. The fraction of sp³-hybridized carbons (Fsp3) is 0.444. The molecule has 2 aliphatic rings. The molecule has 2 heterocycles. The molecule has 1 aromatic heterocycles. The first kappa shape index (κ1) is 19.0. The summed E-state index contributed by atoms with van der Waals surface area (Å²) in [5, 5.41) is 12.4. The molecule has 10 heteroatoms. The van der Waals surface area contributed by atoms with Crippen molar-refractivity contribution in [3.8, 4) is 0 Å². The van der Waals surface area contributed by atoms with E-state index < -0.39 is 16.1 Å². The molecular weight excluding hydrogens is 398 g/mol. The highest BCUT2D eigenvalue weighted by Crippen LogP contribution is 2.42. The topological polar surface area (TPSA) is 113 Å². The molecule has 0 bridgehead atoms. The predicted molar refractivity (Wildman–Crippen MR) is 107 cm³/mol. The summed E-state index contributed by atoms with van der Waals surface area (Å²) in [6, 6.07) is 5.87. The van der Waals surface area contributed by atoms with E-state index in [1.165, 1.54) is 17.4 Å². The second kappa shape index (κ2) is 7.25. The smallest absolute Gasteiger partial charge is 0.263 e. The van der Waals surface area contributed by atoms with Crippen LogP contribution in [0.15, 0.2) is 34.2 Å². The molecule has 28 heavy (non-hydrogen) atoms. The molecular formula is C18H21N5O3S2. The number of hydrogen-bond donors (Lipinski definition) is 2. The molecule has 1 amide bonds. The monoisotopic (exact) mass is 419 g/mol. The number of nitrogens with one attached hydrogen (secondary N) is 2. The van der Waals surface area contributed by atoms with Crippen LogP contribution in [0.5, 0.6) is 0 Å². The number of rotatable bonds is 6. The van der Waals surface area contributed by atoms with Crippen molar-refractivity contribution in [3.63, 3.8) is 0 Å². The minimum Gasteiger partial charge on any atom is -0.299 e. The van der Waals surface area contributed by atoms with Crippen LogP contribution in [0.2, 0.25) is 0 Å². The van der Waals surface area contributed by atoms with Crippen molar-refractivity contribution in [1.82, 2.24) is 14.9 Å². The number of nitrogens with zero attached hydrogens (tertiary/aromatic N) is 3. The number of sulfonamides is 1. The van der Waals surface area contributed by atoms with Crippen LogP contribution >= 0.6 is 11.3 Å². The highest BCUT2D eigenvalue weighted by molar-refractivity contribution is 7.90. The van der Waals surface area contributed by atoms with Crippen LogP contribution in [-0.2, 0) is 14.8 Å². The van der Waals surface area contributed by atoms with Gasteiger partial charge >= 0.3 is 0 Å². The Labute approximate surface area is 167 Å². The summed E-state index contributed by atoms with van der Waals surface area (Å²) in [4.78, 5) is 17.6. The quantitative estimate of drug-likeness (QED) is 0.747. The highest BCUT2D eigenvalue weighted by Gasteiger charge is 2.33.